The lowest BCUT2D eigenvalue weighted by Gasteiger charge is -2.30. The molecule has 0 atom stereocenters. The Hall–Kier alpha value is -1.32. The van der Waals surface area contributed by atoms with Crippen LogP contribution in [0.15, 0.2) is 12.5 Å². The smallest absolute Gasteiger partial charge is 0.224 e. The Labute approximate surface area is 97.3 Å². The normalized spacial score (nSPS) is 11.1. The SMILES string of the molecule is CC(C)N(C(=O)CCn1c[c]nc1)C(C)C. The van der Waals surface area contributed by atoms with Crippen LogP contribution in [0.5, 0.6) is 0 Å². The van der Waals surface area contributed by atoms with Crippen molar-refractivity contribution in [1.82, 2.24) is 14.5 Å². The number of imidazole rings is 1. The van der Waals surface area contributed by atoms with E-state index in [4.69, 9.17) is 0 Å². The van der Waals surface area contributed by atoms with Gasteiger partial charge in [-0.2, -0.15) is 0 Å². The molecule has 16 heavy (non-hydrogen) atoms. The predicted molar refractivity (Wildman–Crippen MR) is 62.8 cm³/mol. The third kappa shape index (κ3) is 3.36. The second-order valence-corrected chi connectivity index (χ2v) is 4.48. The lowest BCUT2D eigenvalue weighted by atomic mass is 10.2. The molecular formula is C12H20N3O. The molecule has 0 spiro atoms. The highest BCUT2D eigenvalue weighted by molar-refractivity contribution is 5.76. The van der Waals surface area contributed by atoms with Crippen LogP contribution in [0.2, 0.25) is 0 Å². The van der Waals surface area contributed by atoms with E-state index >= 15 is 0 Å². The van der Waals surface area contributed by atoms with Crippen LogP contribution in [-0.2, 0) is 11.3 Å². The van der Waals surface area contributed by atoms with Crippen LogP contribution in [0, 0.1) is 6.20 Å². The molecular weight excluding hydrogens is 202 g/mol. The Balaban J connectivity index is 2.50. The van der Waals surface area contributed by atoms with Crippen LogP contribution in [-0.4, -0.2) is 32.4 Å². The zero-order valence-electron chi connectivity index (χ0n) is 10.5. The quantitative estimate of drug-likeness (QED) is 0.760. The second kappa shape index (κ2) is 5.68. The van der Waals surface area contributed by atoms with Crippen LogP contribution in [0.3, 0.4) is 0 Å². The molecule has 0 aliphatic carbocycles. The topological polar surface area (TPSA) is 38.1 Å². The average Bonchev–Trinajstić information content (AvgIpc) is 2.65. The van der Waals surface area contributed by atoms with Gasteiger partial charge in [0.15, 0.2) is 0 Å². The van der Waals surface area contributed by atoms with Gasteiger partial charge in [-0.05, 0) is 27.7 Å². The van der Waals surface area contributed by atoms with Gasteiger partial charge in [0.05, 0.1) is 6.33 Å². The molecule has 4 heteroatoms. The number of nitrogens with zero attached hydrogens (tertiary/aromatic N) is 3. The molecule has 0 saturated carbocycles. The van der Waals surface area contributed by atoms with Crippen LogP contribution in [0.1, 0.15) is 34.1 Å². The van der Waals surface area contributed by atoms with Crippen molar-refractivity contribution in [3.8, 4) is 0 Å². The van der Waals surface area contributed by atoms with Crippen molar-refractivity contribution in [2.24, 2.45) is 0 Å². The van der Waals surface area contributed by atoms with Crippen LogP contribution >= 0.6 is 0 Å². The van der Waals surface area contributed by atoms with Gasteiger partial charge in [0, 0.05) is 31.2 Å². The van der Waals surface area contributed by atoms with Crippen LogP contribution < -0.4 is 0 Å². The van der Waals surface area contributed by atoms with Gasteiger partial charge in [-0.15, -0.1) is 0 Å². The molecule has 1 heterocycles. The van der Waals surface area contributed by atoms with E-state index in [0.717, 1.165) is 0 Å². The van der Waals surface area contributed by atoms with E-state index in [1.807, 2.05) is 37.2 Å². The first-order valence-electron chi connectivity index (χ1n) is 5.71. The zero-order valence-corrected chi connectivity index (χ0v) is 10.5. The zero-order chi connectivity index (χ0) is 12.1. The predicted octanol–water partition coefficient (Wildman–Crippen LogP) is 1.72. The molecule has 0 saturated heterocycles. The highest BCUT2D eigenvalue weighted by atomic mass is 16.2. The van der Waals surface area contributed by atoms with Crippen molar-refractivity contribution < 1.29 is 4.79 Å². The summed E-state index contributed by atoms with van der Waals surface area (Å²) in [5.74, 6) is 0.193. The van der Waals surface area contributed by atoms with Gasteiger partial charge < -0.3 is 9.47 Å². The molecule has 0 aromatic carbocycles. The summed E-state index contributed by atoms with van der Waals surface area (Å²) in [6, 6.07) is 0.503. The summed E-state index contributed by atoms with van der Waals surface area (Å²) in [5.41, 5.74) is 0. The minimum Gasteiger partial charge on any atom is -0.338 e. The highest BCUT2D eigenvalue weighted by Crippen LogP contribution is 2.08. The van der Waals surface area contributed by atoms with E-state index in [0.29, 0.717) is 13.0 Å². The number of amides is 1. The number of aromatic nitrogens is 2. The Bertz CT molecular complexity index is 309. The van der Waals surface area contributed by atoms with Gasteiger partial charge in [-0.1, -0.05) is 0 Å². The first kappa shape index (κ1) is 12.7. The maximum absolute atomic E-state index is 12.0. The standard InChI is InChI=1S/C12H20N3O/c1-10(2)15(11(3)4)12(16)5-7-14-8-6-13-9-14/h8-11H,5,7H2,1-4H3. The van der Waals surface area contributed by atoms with Crippen molar-refractivity contribution >= 4 is 5.91 Å². The summed E-state index contributed by atoms with van der Waals surface area (Å²) in [6.45, 7) is 8.85. The van der Waals surface area contributed by atoms with Gasteiger partial charge >= 0.3 is 0 Å². The molecule has 1 aromatic heterocycles. The third-order valence-corrected chi connectivity index (χ3v) is 2.49. The number of carbonyl (C=O) groups excluding carboxylic acids is 1. The fourth-order valence-corrected chi connectivity index (χ4v) is 1.90. The minimum atomic E-state index is 0.193. The van der Waals surface area contributed by atoms with Crippen molar-refractivity contribution in [1.29, 1.82) is 0 Å². The molecule has 0 aliphatic heterocycles. The Morgan fingerprint density at radius 3 is 2.44 bits per heavy atom. The molecule has 0 aliphatic rings. The lowest BCUT2D eigenvalue weighted by Crippen LogP contribution is -2.42. The first-order chi connectivity index (χ1) is 7.52. The summed E-state index contributed by atoms with van der Waals surface area (Å²) in [5, 5.41) is 0. The van der Waals surface area contributed by atoms with E-state index in [2.05, 4.69) is 11.2 Å². The van der Waals surface area contributed by atoms with Gasteiger partial charge in [0.1, 0.15) is 6.20 Å². The van der Waals surface area contributed by atoms with Gasteiger partial charge in [-0.3, -0.25) is 4.79 Å². The minimum absolute atomic E-state index is 0.193. The first-order valence-corrected chi connectivity index (χ1v) is 5.71. The number of rotatable bonds is 5. The fraction of sp³-hybridized carbons (Fsp3) is 0.667. The summed E-state index contributed by atoms with van der Waals surface area (Å²) in [6.07, 6.45) is 6.67. The van der Waals surface area contributed by atoms with Crippen molar-refractivity contribution in [3.05, 3.63) is 18.7 Å². The summed E-state index contributed by atoms with van der Waals surface area (Å²) in [7, 11) is 0. The Kier molecular flexibility index (Phi) is 4.52. The molecule has 4 nitrogen and oxygen atoms in total. The Morgan fingerprint density at radius 1 is 1.38 bits per heavy atom. The van der Waals surface area contributed by atoms with Gasteiger partial charge in [0.2, 0.25) is 5.91 Å². The number of aryl methyl sites for hydroxylation is 1. The van der Waals surface area contributed by atoms with Crippen molar-refractivity contribution in [2.75, 3.05) is 0 Å². The molecule has 1 rings (SSSR count). The molecule has 0 fully saturated rings. The number of hydrogen-bond donors (Lipinski definition) is 0. The van der Waals surface area contributed by atoms with Crippen LogP contribution in [0.4, 0.5) is 0 Å². The fourth-order valence-electron chi connectivity index (χ4n) is 1.90. The molecule has 0 bridgehead atoms. The van der Waals surface area contributed by atoms with E-state index in [9.17, 15) is 4.79 Å². The molecule has 1 radical (unpaired) electrons. The second-order valence-electron chi connectivity index (χ2n) is 4.48. The van der Waals surface area contributed by atoms with E-state index in [1.165, 1.54) is 0 Å². The number of hydrogen-bond acceptors (Lipinski definition) is 2. The lowest BCUT2D eigenvalue weighted by molar-refractivity contribution is -0.135. The number of carbonyl (C=O) groups is 1. The van der Waals surface area contributed by atoms with E-state index < -0.39 is 0 Å². The van der Waals surface area contributed by atoms with Gasteiger partial charge in [-0.25, -0.2) is 4.98 Å². The largest absolute Gasteiger partial charge is 0.338 e. The molecule has 89 valence electrons. The summed E-state index contributed by atoms with van der Waals surface area (Å²) >= 11 is 0. The molecule has 0 unspecified atom stereocenters. The maximum Gasteiger partial charge on any atom is 0.224 e. The van der Waals surface area contributed by atoms with E-state index in [-0.39, 0.29) is 18.0 Å². The summed E-state index contributed by atoms with van der Waals surface area (Å²) in [4.78, 5) is 17.7. The molecule has 1 amide bonds. The van der Waals surface area contributed by atoms with Crippen molar-refractivity contribution in [2.45, 2.75) is 52.7 Å². The average molecular weight is 222 g/mol. The van der Waals surface area contributed by atoms with Gasteiger partial charge in [0.25, 0.3) is 0 Å². The molecule has 0 N–H and O–H groups in total. The van der Waals surface area contributed by atoms with Crippen molar-refractivity contribution in [3.63, 3.8) is 0 Å². The maximum atomic E-state index is 12.0. The van der Waals surface area contributed by atoms with E-state index in [1.54, 1.807) is 12.5 Å². The Morgan fingerprint density at radius 2 is 2.00 bits per heavy atom. The van der Waals surface area contributed by atoms with Crippen LogP contribution in [0.25, 0.3) is 0 Å². The highest BCUT2D eigenvalue weighted by Gasteiger charge is 2.19. The monoisotopic (exact) mass is 222 g/mol. The third-order valence-electron chi connectivity index (χ3n) is 2.49. The molecule has 1 aromatic rings. The summed E-state index contributed by atoms with van der Waals surface area (Å²) < 4.78 is 1.87.